The minimum atomic E-state index is -0.957. The minimum Gasteiger partial charge on any atom is -0.458 e. The zero-order valence-electron chi connectivity index (χ0n) is 15.1. The third-order valence-corrected chi connectivity index (χ3v) is 3.83. The maximum atomic E-state index is 12.0. The molecule has 0 fully saturated rings. The summed E-state index contributed by atoms with van der Waals surface area (Å²) in [6.07, 6.45) is -0.957. The van der Waals surface area contributed by atoms with Gasteiger partial charge in [0.2, 0.25) is 0 Å². The van der Waals surface area contributed by atoms with Crippen molar-refractivity contribution in [3.05, 3.63) is 71.3 Å². The summed E-state index contributed by atoms with van der Waals surface area (Å²) in [5.41, 5.74) is 2.59. The van der Waals surface area contributed by atoms with Gasteiger partial charge in [-0.2, -0.15) is 0 Å². The summed E-state index contributed by atoms with van der Waals surface area (Å²) >= 11 is 0. The standard InChI is InChI=1S/C21H24O4/c1-15(25-20(23)17-8-6-5-7-9-17)19(22)24-14-16-10-12-18(13-11-16)21(2,3)4/h5-13,15H,14H2,1-4H3. The molecule has 0 bridgehead atoms. The van der Waals surface area contributed by atoms with E-state index >= 15 is 0 Å². The smallest absolute Gasteiger partial charge is 0.347 e. The van der Waals surface area contributed by atoms with Crippen LogP contribution >= 0.6 is 0 Å². The molecule has 0 aliphatic carbocycles. The van der Waals surface area contributed by atoms with Crippen LogP contribution in [0.4, 0.5) is 0 Å². The molecule has 0 saturated heterocycles. The predicted molar refractivity (Wildman–Crippen MR) is 96.3 cm³/mol. The van der Waals surface area contributed by atoms with Gasteiger partial charge in [-0.3, -0.25) is 0 Å². The monoisotopic (exact) mass is 340 g/mol. The van der Waals surface area contributed by atoms with E-state index < -0.39 is 18.0 Å². The van der Waals surface area contributed by atoms with Crippen LogP contribution in [0.25, 0.3) is 0 Å². The van der Waals surface area contributed by atoms with Crippen molar-refractivity contribution in [2.45, 2.75) is 45.8 Å². The van der Waals surface area contributed by atoms with Crippen molar-refractivity contribution in [1.82, 2.24) is 0 Å². The zero-order chi connectivity index (χ0) is 18.4. The maximum Gasteiger partial charge on any atom is 0.347 e. The Kier molecular flexibility index (Phi) is 5.97. The van der Waals surface area contributed by atoms with Crippen molar-refractivity contribution in [3.63, 3.8) is 0 Å². The van der Waals surface area contributed by atoms with E-state index in [1.54, 1.807) is 30.3 Å². The quantitative estimate of drug-likeness (QED) is 0.763. The zero-order valence-corrected chi connectivity index (χ0v) is 15.1. The molecule has 1 unspecified atom stereocenters. The number of benzene rings is 2. The molecule has 25 heavy (non-hydrogen) atoms. The Morgan fingerprint density at radius 3 is 2.12 bits per heavy atom. The van der Waals surface area contributed by atoms with E-state index in [0.29, 0.717) is 5.56 Å². The second-order valence-electron chi connectivity index (χ2n) is 6.97. The average Bonchev–Trinajstić information content (AvgIpc) is 2.60. The summed E-state index contributed by atoms with van der Waals surface area (Å²) in [4.78, 5) is 23.9. The van der Waals surface area contributed by atoms with E-state index in [0.717, 1.165) is 5.56 Å². The molecule has 132 valence electrons. The van der Waals surface area contributed by atoms with Crippen LogP contribution in [0.3, 0.4) is 0 Å². The Morgan fingerprint density at radius 2 is 1.56 bits per heavy atom. The van der Waals surface area contributed by atoms with Gasteiger partial charge >= 0.3 is 11.9 Å². The summed E-state index contributed by atoms with van der Waals surface area (Å²) in [5.74, 6) is -1.11. The second kappa shape index (κ2) is 7.97. The molecule has 4 heteroatoms. The molecular formula is C21H24O4. The Hall–Kier alpha value is -2.62. The molecule has 0 aliphatic rings. The van der Waals surface area contributed by atoms with Gasteiger partial charge in [-0.15, -0.1) is 0 Å². The van der Waals surface area contributed by atoms with Crippen LogP contribution in [-0.4, -0.2) is 18.0 Å². The Balaban J connectivity index is 1.86. The van der Waals surface area contributed by atoms with Gasteiger partial charge in [0.15, 0.2) is 6.10 Å². The molecule has 0 N–H and O–H groups in total. The first-order chi connectivity index (χ1) is 11.8. The van der Waals surface area contributed by atoms with Gasteiger partial charge in [0, 0.05) is 0 Å². The summed E-state index contributed by atoms with van der Waals surface area (Å²) < 4.78 is 10.4. The van der Waals surface area contributed by atoms with E-state index in [1.165, 1.54) is 12.5 Å². The highest BCUT2D eigenvalue weighted by molar-refractivity contribution is 5.91. The van der Waals surface area contributed by atoms with Gasteiger partial charge < -0.3 is 9.47 Å². The minimum absolute atomic E-state index is 0.0787. The lowest BCUT2D eigenvalue weighted by Crippen LogP contribution is -2.26. The summed E-state index contributed by atoms with van der Waals surface area (Å²) in [6, 6.07) is 16.5. The highest BCUT2D eigenvalue weighted by Crippen LogP contribution is 2.22. The van der Waals surface area contributed by atoms with Crippen LogP contribution in [0.5, 0.6) is 0 Å². The summed E-state index contributed by atoms with van der Waals surface area (Å²) in [6.45, 7) is 8.09. The number of hydrogen-bond donors (Lipinski definition) is 0. The van der Waals surface area contributed by atoms with Crippen molar-refractivity contribution in [3.8, 4) is 0 Å². The summed E-state index contributed by atoms with van der Waals surface area (Å²) in [7, 11) is 0. The van der Waals surface area contributed by atoms with E-state index in [1.807, 2.05) is 24.3 Å². The number of carbonyl (C=O) groups is 2. The van der Waals surface area contributed by atoms with Gasteiger partial charge in [0.25, 0.3) is 0 Å². The molecule has 2 rings (SSSR count). The lowest BCUT2D eigenvalue weighted by atomic mass is 9.87. The third kappa shape index (κ3) is 5.45. The van der Waals surface area contributed by atoms with Crippen LogP contribution in [0.15, 0.2) is 54.6 Å². The Bertz CT molecular complexity index is 712. The topological polar surface area (TPSA) is 52.6 Å². The van der Waals surface area contributed by atoms with Crippen molar-refractivity contribution in [2.75, 3.05) is 0 Å². The first-order valence-corrected chi connectivity index (χ1v) is 8.29. The van der Waals surface area contributed by atoms with Crippen LogP contribution in [0.2, 0.25) is 0 Å². The number of esters is 2. The van der Waals surface area contributed by atoms with Crippen LogP contribution < -0.4 is 0 Å². The maximum absolute atomic E-state index is 12.0. The molecule has 0 radical (unpaired) electrons. The van der Waals surface area contributed by atoms with Crippen molar-refractivity contribution < 1.29 is 19.1 Å². The van der Waals surface area contributed by atoms with Gasteiger partial charge in [-0.1, -0.05) is 63.2 Å². The fraction of sp³-hybridized carbons (Fsp3) is 0.333. The number of rotatable bonds is 5. The predicted octanol–water partition coefficient (Wildman–Crippen LogP) is 4.27. The molecule has 0 aromatic heterocycles. The lowest BCUT2D eigenvalue weighted by Gasteiger charge is -2.19. The highest BCUT2D eigenvalue weighted by Gasteiger charge is 2.20. The highest BCUT2D eigenvalue weighted by atomic mass is 16.6. The van der Waals surface area contributed by atoms with Crippen LogP contribution in [0.1, 0.15) is 49.2 Å². The lowest BCUT2D eigenvalue weighted by molar-refractivity contribution is -0.154. The average molecular weight is 340 g/mol. The summed E-state index contributed by atoms with van der Waals surface area (Å²) in [5, 5.41) is 0. The van der Waals surface area contributed by atoms with Crippen LogP contribution in [-0.2, 0) is 26.3 Å². The molecule has 0 spiro atoms. The largest absolute Gasteiger partial charge is 0.458 e. The number of carbonyl (C=O) groups excluding carboxylic acids is 2. The molecule has 2 aromatic carbocycles. The van der Waals surface area contributed by atoms with E-state index in [9.17, 15) is 9.59 Å². The number of hydrogen-bond acceptors (Lipinski definition) is 4. The van der Waals surface area contributed by atoms with E-state index in [4.69, 9.17) is 9.47 Å². The fourth-order valence-corrected chi connectivity index (χ4v) is 2.22. The van der Waals surface area contributed by atoms with E-state index in [-0.39, 0.29) is 12.0 Å². The van der Waals surface area contributed by atoms with Gasteiger partial charge in [0.05, 0.1) is 5.56 Å². The molecule has 0 aliphatic heterocycles. The van der Waals surface area contributed by atoms with E-state index in [2.05, 4.69) is 20.8 Å². The van der Waals surface area contributed by atoms with Gasteiger partial charge in [0.1, 0.15) is 6.61 Å². The Morgan fingerprint density at radius 1 is 0.960 bits per heavy atom. The molecule has 0 saturated carbocycles. The SMILES string of the molecule is CC(OC(=O)c1ccccc1)C(=O)OCc1ccc(C(C)(C)C)cc1. The first-order valence-electron chi connectivity index (χ1n) is 8.29. The third-order valence-electron chi connectivity index (χ3n) is 3.83. The molecule has 4 nitrogen and oxygen atoms in total. The van der Waals surface area contributed by atoms with Crippen LogP contribution in [0, 0.1) is 0 Å². The molecular weight excluding hydrogens is 316 g/mol. The number of ether oxygens (including phenoxy) is 2. The van der Waals surface area contributed by atoms with Gasteiger partial charge in [-0.05, 0) is 35.6 Å². The Labute approximate surface area is 148 Å². The molecule has 2 aromatic rings. The van der Waals surface area contributed by atoms with Crippen molar-refractivity contribution in [1.29, 1.82) is 0 Å². The molecule has 1 atom stereocenters. The second-order valence-corrected chi connectivity index (χ2v) is 6.97. The van der Waals surface area contributed by atoms with Crippen molar-refractivity contribution in [2.24, 2.45) is 0 Å². The molecule has 0 amide bonds. The first kappa shape index (κ1) is 18.7. The molecule has 0 heterocycles. The van der Waals surface area contributed by atoms with Crippen molar-refractivity contribution >= 4 is 11.9 Å². The fourth-order valence-electron chi connectivity index (χ4n) is 2.22. The normalized spacial score (nSPS) is 12.3. The van der Waals surface area contributed by atoms with Gasteiger partial charge in [-0.25, -0.2) is 9.59 Å².